The van der Waals surface area contributed by atoms with Crippen LogP contribution >= 0.6 is 0 Å². The van der Waals surface area contributed by atoms with Gasteiger partial charge in [0.25, 0.3) is 0 Å². The minimum atomic E-state index is -1.24. The van der Waals surface area contributed by atoms with Gasteiger partial charge in [0.15, 0.2) is 6.29 Å². The molecule has 2 heterocycles. The lowest BCUT2D eigenvalue weighted by atomic mass is 9.65. The molecule has 1 spiro atoms. The number of rotatable bonds is 4. The number of pyridine rings is 1. The van der Waals surface area contributed by atoms with Crippen LogP contribution < -0.4 is 10.2 Å². The number of alkyl halides is 1. The minimum Gasteiger partial charge on any atom is -0.314 e. The Morgan fingerprint density at radius 1 is 1.23 bits per heavy atom. The van der Waals surface area contributed by atoms with Crippen LogP contribution in [0.15, 0.2) is 48.7 Å². The third-order valence-electron chi connectivity index (χ3n) is 6.62. The third-order valence-corrected chi connectivity index (χ3v) is 6.62. The smallest absolute Gasteiger partial charge is 0.233 e. The summed E-state index contributed by atoms with van der Waals surface area (Å²) in [7, 11) is 1.76. The number of hydrogen-bond donors (Lipinski definition) is 1. The highest BCUT2D eigenvalue weighted by Gasteiger charge is 2.55. The van der Waals surface area contributed by atoms with E-state index in [9.17, 15) is 18.4 Å². The van der Waals surface area contributed by atoms with Gasteiger partial charge in [-0.2, -0.15) is 0 Å². The number of halogens is 2. The van der Waals surface area contributed by atoms with Crippen molar-refractivity contribution in [3.8, 4) is 0 Å². The molecule has 1 aliphatic carbocycles. The molecular weight excluding hydrogens is 400 g/mol. The van der Waals surface area contributed by atoms with Crippen LogP contribution in [0, 0.1) is 11.2 Å². The van der Waals surface area contributed by atoms with Crippen molar-refractivity contribution < 1.29 is 18.4 Å². The highest BCUT2D eigenvalue weighted by Crippen LogP contribution is 2.50. The molecule has 4 rings (SSSR count). The summed E-state index contributed by atoms with van der Waals surface area (Å²) in [4.78, 5) is 28.3. The molecule has 1 aromatic carbocycles. The fraction of sp³-hybridized carbons (Fsp3) is 0.458. The van der Waals surface area contributed by atoms with Crippen LogP contribution in [-0.2, 0) is 4.79 Å². The first-order valence-corrected chi connectivity index (χ1v) is 10.7. The number of amides is 1. The topological polar surface area (TPSA) is 62.3 Å². The van der Waals surface area contributed by atoms with E-state index in [4.69, 9.17) is 0 Å². The number of nitrogens with zero attached hydrogens (tertiary/aromatic N) is 2. The molecule has 2 fully saturated rings. The van der Waals surface area contributed by atoms with E-state index >= 15 is 0 Å². The molecule has 5 nitrogen and oxygen atoms in total. The zero-order valence-electron chi connectivity index (χ0n) is 18.0. The maximum atomic E-state index is 15.0. The van der Waals surface area contributed by atoms with Crippen molar-refractivity contribution >= 4 is 17.9 Å². The number of aldehydes is 1. The van der Waals surface area contributed by atoms with E-state index in [0.717, 1.165) is 6.29 Å². The molecule has 3 atom stereocenters. The standard InChI is InChI=1S/C18H24F2N2O.C6H5NO/c1-3-18(20)8-7-17(12-15(18)21-2)9-10-22(16(17)23)14-6-4-5-13(19)11-14;8-5-6-3-1-2-4-7-6/h4-6,11,15,21H,3,7-10,12H2,1-2H3;1-5H. The predicted molar refractivity (Wildman–Crippen MR) is 116 cm³/mol. The molecule has 1 N–H and O–H groups in total. The Kier molecular flexibility index (Phi) is 7.15. The van der Waals surface area contributed by atoms with Crippen LogP contribution in [0.25, 0.3) is 0 Å². The summed E-state index contributed by atoms with van der Waals surface area (Å²) < 4.78 is 28.4. The van der Waals surface area contributed by atoms with Crippen molar-refractivity contribution in [3.63, 3.8) is 0 Å². The van der Waals surface area contributed by atoms with E-state index < -0.39 is 11.1 Å². The summed E-state index contributed by atoms with van der Waals surface area (Å²) in [5, 5.41) is 3.08. The summed E-state index contributed by atoms with van der Waals surface area (Å²) in [6, 6.07) is 11.0. The maximum Gasteiger partial charge on any atom is 0.233 e. The van der Waals surface area contributed by atoms with Gasteiger partial charge in [0, 0.05) is 24.5 Å². The van der Waals surface area contributed by atoms with E-state index in [0.29, 0.717) is 50.0 Å². The Bertz CT molecular complexity index is 911. The summed E-state index contributed by atoms with van der Waals surface area (Å²) in [5.74, 6) is -0.330. The van der Waals surface area contributed by atoms with Crippen molar-refractivity contribution in [1.29, 1.82) is 0 Å². The van der Waals surface area contributed by atoms with Gasteiger partial charge >= 0.3 is 0 Å². The molecule has 1 aromatic heterocycles. The quantitative estimate of drug-likeness (QED) is 0.735. The van der Waals surface area contributed by atoms with Crippen LogP contribution in [0.2, 0.25) is 0 Å². The van der Waals surface area contributed by atoms with Gasteiger partial charge in [-0.05, 0) is 69.5 Å². The van der Waals surface area contributed by atoms with Gasteiger partial charge in [0.05, 0.1) is 5.41 Å². The molecule has 0 bridgehead atoms. The summed E-state index contributed by atoms with van der Waals surface area (Å²) in [6.07, 6.45) is 4.96. The minimum absolute atomic E-state index is 0.0153. The molecule has 1 saturated heterocycles. The van der Waals surface area contributed by atoms with Crippen LogP contribution in [0.4, 0.5) is 14.5 Å². The molecule has 31 heavy (non-hydrogen) atoms. The van der Waals surface area contributed by atoms with Crippen LogP contribution in [-0.4, -0.2) is 42.5 Å². The number of anilines is 1. The number of hydrogen-bond acceptors (Lipinski definition) is 4. The van der Waals surface area contributed by atoms with Crippen molar-refractivity contribution in [2.75, 3.05) is 18.5 Å². The SMILES string of the molecule is CCC1(F)CCC2(CCN(c3cccc(F)c3)C2=O)CC1NC.O=Cc1ccccn1. The number of carbonyl (C=O) groups excluding carboxylic acids is 2. The second-order valence-electron chi connectivity index (χ2n) is 8.27. The normalized spacial score (nSPS) is 27.7. The lowest BCUT2D eigenvalue weighted by Crippen LogP contribution is -2.55. The summed E-state index contributed by atoms with van der Waals surface area (Å²) in [6.45, 7) is 2.43. The molecule has 166 valence electrons. The van der Waals surface area contributed by atoms with Crippen LogP contribution in [0.5, 0.6) is 0 Å². The van der Waals surface area contributed by atoms with Gasteiger partial charge < -0.3 is 10.2 Å². The molecule has 2 aromatic rings. The van der Waals surface area contributed by atoms with Gasteiger partial charge in [-0.15, -0.1) is 0 Å². The van der Waals surface area contributed by atoms with E-state index in [1.54, 1.807) is 48.5 Å². The fourth-order valence-corrected chi connectivity index (χ4v) is 4.66. The van der Waals surface area contributed by atoms with Gasteiger partial charge in [-0.25, -0.2) is 8.78 Å². The Morgan fingerprint density at radius 2 is 2.03 bits per heavy atom. The van der Waals surface area contributed by atoms with E-state index in [2.05, 4.69) is 10.3 Å². The largest absolute Gasteiger partial charge is 0.314 e. The average molecular weight is 430 g/mol. The third kappa shape index (κ3) is 4.82. The van der Waals surface area contributed by atoms with E-state index in [1.165, 1.54) is 12.1 Å². The number of nitrogens with one attached hydrogen (secondary N) is 1. The molecule has 2 aliphatic rings. The monoisotopic (exact) mass is 429 g/mol. The first-order valence-electron chi connectivity index (χ1n) is 10.7. The van der Waals surface area contributed by atoms with E-state index in [-0.39, 0.29) is 17.8 Å². The summed E-state index contributed by atoms with van der Waals surface area (Å²) in [5.41, 5.74) is -0.676. The molecule has 7 heteroatoms. The number of benzene rings is 1. The zero-order chi connectivity index (χ0) is 22.5. The van der Waals surface area contributed by atoms with Crippen molar-refractivity contribution in [3.05, 3.63) is 60.2 Å². The van der Waals surface area contributed by atoms with Crippen molar-refractivity contribution in [2.45, 2.75) is 50.7 Å². The molecule has 1 aliphatic heterocycles. The van der Waals surface area contributed by atoms with Gasteiger partial charge in [0.1, 0.15) is 17.2 Å². The van der Waals surface area contributed by atoms with Crippen LogP contribution in [0.3, 0.4) is 0 Å². The molecule has 3 unspecified atom stereocenters. The molecule has 1 amide bonds. The first-order chi connectivity index (χ1) is 14.9. The average Bonchev–Trinajstić information content (AvgIpc) is 3.12. The van der Waals surface area contributed by atoms with Gasteiger partial charge in [0.2, 0.25) is 5.91 Å². The van der Waals surface area contributed by atoms with Crippen molar-refractivity contribution in [1.82, 2.24) is 10.3 Å². The zero-order valence-corrected chi connectivity index (χ0v) is 18.0. The lowest BCUT2D eigenvalue weighted by Gasteiger charge is -2.45. The molecular formula is C24H29F2N3O2. The Balaban J connectivity index is 0.000000287. The van der Waals surface area contributed by atoms with Gasteiger partial charge in [-0.1, -0.05) is 19.1 Å². The number of carbonyl (C=O) groups is 2. The second kappa shape index (κ2) is 9.64. The van der Waals surface area contributed by atoms with E-state index in [1.807, 2.05) is 6.92 Å². The Labute approximate surface area is 181 Å². The van der Waals surface area contributed by atoms with Crippen LogP contribution in [0.1, 0.15) is 49.5 Å². The first kappa shape index (κ1) is 23.0. The lowest BCUT2D eigenvalue weighted by molar-refractivity contribution is -0.130. The molecule has 0 radical (unpaired) electrons. The highest BCUT2D eigenvalue weighted by molar-refractivity contribution is 6.00. The van der Waals surface area contributed by atoms with Gasteiger partial charge in [-0.3, -0.25) is 14.6 Å². The highest BCUT2D eigenvalue weighted by atomic mass is 19.1. The Morgan fingerprint density at radius 3 is 2.61 bits per heavy atom. The van der Waals surface area contributed by atoms with Crippen molar-refractivity contribution in [2.24, 2.45) is 5.41 Å². The predicted octanol–water partition coefficient (Wildman–Crippen LogP) is 4.33. The maximum absolute atomic E-state index is 15.0. The number of aromatic nitrogens is 1. The molecule has 1 saturated carbocycles. The summed E-state index contributed by atoms with van der Waals surface area (Å²) >= 11 is 0. The second-order valence-corrected chi connectivity index (χ2v) is 8.27. The fourth-order valence-electron chi connectivity index (χ4n) is 4.66. The Hall–Kier alpha value is -2.67.